The first kappa shape index (κ1) is 33.5. The zero-order chi connectivity index (χ0) is 33.5. The summed E-state index contributed by atoms with van der Waals surface area (Å²) >= 11 is 0. The maximum absolute atomic E-state index is 12.6. The number of pyridine rings is 2. The summed E-state index contributed by atoms with van der Waals surface area (Å²) in [7, 11) is 1.56. The van der Waals surface area contributed by atoms with Gasteiger partial charge in [-0.1, -0.05) is 24.3 Å². The molecule has 0 spiro atoms. The molecule has 246 valence electrons. The van der Waals surface area contributed by atoms with Crippen molar-refractivity contribution in [2.75, 3.05) is 33.5 Å². The van der Waals surface area contributed by atoms with Gasteiger partial charge in [-0.2, -0.15) is 0 Å². The van der Waals surface area contributed by atoms with Crippen molar-refractivity contribution in [3.8, 4) is 0 Å². The lowest BCUT2D eigenvalue weighted by atomic mass is 10.1. The van der Waals surface area contributed by atoms with Gasteiger partial charge in [0.25, 0.3) is 11.1 Å². The smallest absolute Gasteiger partial charge is 0.328 e. The maximum atomic E-state index is 12.6. The number of ether oxygens (including phenoxy) is 4. The number of hydrogen-bond acceptors (Lipinski definition) is 8. The Morgan fingerprint density at radius 1 is 0.745 bits per heavy atom. The highest BCUT2D eigenvalue weighted by molar-refractivity contribution is 5.96. The van der Waals surface area contributed by atoms with Crippen LogP contribution in [0.2, 0.25) is 0 Å². The summed E-state index contributed by atoms with van der Waals surface area (Å²) in [5.41, 5.74) is 4.53. The van der Waals surface area contributed by atoms with E-state index in [0.717, 1.165) is 39.0 Å². The molecule has 0 radical (unpaired) electrons. The molecule has 47 heavy (non-hydrogen) atoms. The third-order valence-corrected chi connectivity index (χ3v) is 7.71. The minimum absolute atomic E-state index is 0.149. The normalized spacial score (nSPS) is 15.6. The molecule has 4 aromatic rings. The van der Waals surface area contributed by atoms with Crippen LogP contribution in [0.4, 0.5) is 0 Å². The highest BCUT2D eigenvalue weighted by Crippen LogP contribution is 2.22. The van der Waals surface area contributed by atoms with Crippen molar-refractivity contribution in [3.63, 3.8) is 0 Å². The zero-order valence-corrected chi connectivity index (χ0v) is 26.4. The first-order valence-corrected chi connectivity index (χ1v) is 15.2. The number of amides is 1. The molecule has 12 nitrogen and oxygen atoms in total. The highest BCUT2D eigenvalue weighted by Gasteiger charge is 2.20. The maximum Gasteiger partial charge on any atom is 0.328 e. The monoisotopic (exact) mass is 643 g/mol. The van der Waals surface area contributed by atoms with E-state index >= 15 is 0 Å². The standard InChI is InChI=1S/C18H20N2O4.C17H17NO5/c1-12-3-5-14-13(4-6-16(21)19-2)10-17(22)20(15(14)9-12)11-18-23-7-8-24-18;1-11-2-4-13-12(3-5-16(20)21)9-15(19)18(14(13)8-11)10-17-22-6-7-23-17/h3-6,9-10,18H,7-8,11H2,1-2H3,(H,19,21);2-5,8-9,17H,6-7,10H2,1H3,(H,20,21)/b6-4+;5-3+. The van der Waals surface area contributed by atoms with Crippen molar-refractivity contribution in [2.24, 2.45) is 0 Å². The van der Waals surface area contributed by atoms with Gasteiger partial charge in [-0.25, -0.2) is 4.79 Å². The SMILES string of the molecule is CNC(=O)/C=C/c1cc(=O)n(CC2OCCO2)c2cc(C)ccc12.Cc1ccc2c(/C=C/C(=O)O)cc(=O)n(CC3OCCO3)c2c1. The Bertz CT molecular complexity index is 1960. The van der Waals surface area contributed by atoms with Crippen molar-refractivity contribution >= 4 is 45.8 Å². The minimum atomic E-state index is -1.05. The number of nitrogens with one attached hydrogen (secondary N) is 1. The van der Waals surface area contributed by atoms with Crippen LogP contribution in [0.3, 0.4) is 0 Å². The Hall–Kier alpha value is -4.88. The van der Waals surface area contributed by atoms with Crippen molar-refractivity contribution < 1.29 is 33.6 Å². The van der Waals surface area contributed by atoms with Gasteiger partial charge in [0.05, 0.1) is 50.6 Å². The van der Waals surface area contributed by atoms with E-state index in [2.05, 4.69) is 5.32 Å². The van der Waals surface area contributed by atoms with Crippen LogP contribution in [0.25, 0.3) is 34.0 Å². The van der Waals surface area contributed by atoms with Gasteiger partial charge in [0.15, 0.2) is 12.6 Å². The van der Waals surface area contributed by atoms with Gasteiger partial charge < -0.3 is 38.5 Å². The van der Waals surface area contributed by atoms with Gasteiger partial charge in [-0.15, -0.1) is 0 Å². The molecule has 2 aliphatic heterocycles. The quantitative estimate of drug-likeness (QED) is 0.276. The van der Waals surface area contributed by atoms with Crippen LogP contribution in [0.1, 0.15) is 22.3 Å². The summed E-state index contributed by atoms with van der Waals surface area (Å²) in [5, 5.41) is 13.0. The predicted molar refractivity (Wildman–Crippen MR) is 177 cm³/mol. The predicted octanol–water partition coefficient (Wildman–Crippen LogP) is 3.22. The molecule has 2 aromatic carbocycles. The molecule has 12 heteroatoms. The van der Waals surface area contributed by atoms with Gasteiger partial charge in [0.2, 0.25) is 5.91 Å². The average molecular weight is 644 g/mol. The number of carboxylic acid groups (broad SMARTS) is 1. The fourth-order valence-corrected chi connectivity index (χ4v) is 5.42. The fourth-order valence-electron chi connectivity index (χ4n) is 5.42. The van der Waals surface area contributed by atoms with Crippen molar-refractivity contribution in [1.82, 2.24) is 14.5 Å². The first-order chi connectivity index (χ1) is 22.6. The summed E-state index contributed by atoms with van der Waals surface area (Å²) in [6.45, 7) is 6.71. The number of fused-ring (bicyclic) bond motifs is 2. The fraction of sp³-hybridized carbons (Fsp3) is 0.314. The Labute approximate surface area is 270 Å². The molecule has 2 saturated heterocycles. The van der Waals surface area contributed by atoms with E-state index in [4.69, 9.17) is 24.1 Å². The molecule has 0 aliphatic carbocycles. The second kappa shape index (κ2) is 15.1. The van der Waals surface area contributed by atoms with Gasteiger partial charge in [0, 0.05) is 42.1 Å². The number of aryl methyl sites for hydroxylation is 2. The van der Waals surface area contributed by atoms with Crippen LogP contribution < -0.4 is 16.4 Å². The summed E-state index contributed by atoms with van der Waals surface area (Å²) < 4.78 is 25.1. The van der Waals surface area contributed by atoms with E-state index < -0.39 is 18.5 Å². The molecule has 0 saturated carbocycles. The first-order valence-electron chi connectivity index (χ1n) is 15.2. The van der Waals surface area contributed by atoms with E-state index in [1.54, 1.807) is 22.3 Å². The number of carbonyl (C=O) groups is 2. The molecular weight excluding hydrogens is 606 g/mol. The van der Waals surface area contributed by atoms with Gasteiger partial charge in [-0.3, -0.25) is 14.4 Å². The Morgan fingerprint density at radius 2 is 1.17 bits per heavy atom. The van der Waals surface area contributed by atoms with E-state index in [9.17, 15) is 19.2 Å². The average Bonchev–Trinajstić information content (AvgIpc) is 3.77. The zero-order valence-electron chi connectivity index (χ0n) is 26.4. The minimum Gasteiger partial charge on any atom is -0.478 e. The van der Waals surface area contributed by atoms with E-state index in [-0.39, 0.29) is 17.0 Å². The van der Waals surface area contributed by atoms with Crippen LogP contribution in [0.15, 0.2) is 70.3 Å². The topological polar surface area (TPSA) is 147 Å². The summed E-state index contributed by atoms with van der Waals surface area (Å²) in [6, 6.07) is 14.6. The third kappa shape index (κ3) is 8.29. The van der Waals surface area contributed by atoms with Crippen molar-refractivity contribution in [3.05, 3.63) is 104 Å². The van der Waals surface area contributed by atoms with Crippen LogP contribution in [-0.4, -0.2) is 72.2 Å². The van der Waals surface area contributed by atoms with Crippen LogP contribution in [0, 0.1) is 13.8 Å². The summed E-state index contributed by atoms with van der Waals surface area (Å²) in [6.07, 6.45) is 4.71. The second-order valence-electron chi connectivity index (χ2n) is 11.1. The number of aliphatic carboxylic acids is 1. The molecule has 4 heterocycles. The van der Waals surface area contributed by atoms with Crippen molar-refractivity contribution in [2.45, 2.75) is 39.5 Å². The largest absolute Gasteiger partial charge is 0.478 e. The highest BCUT2D eigenvalue weighted by atomic mass is 16.7. The Kier molecular flexibility index (Phi) is 10.8. The van der Waals surface area contributed by atoms with E-state index in [1.165, 1.54) is 24.3 Å². The molecular formula is C35H37N3O9. The molecule has 2 fully saturated rings. The number of hydrogen-bond donors (Lipinski definition) is 2. The molecule has 6 rings (SSSR count). The summed E-state index contributed by atoms with van der Waals surface area (Å²) in [5.74, 6) is -1.27. The lowest BCUT2D eigenvalue weighted by molar-refractivity contribution is -0.131. The Morgan fingerprint density at radius 3 is 1.57 bits per heavy atom. The van der Waals surface area contributed by atoms with Gasteiger partial charge in [0.1, 0.15) is 0 Å². The van der Waals surface area contributed by atoms with E-state index in [1.807, 2.05) is 50.2 Å². The number of carboxylic acids is 1. The number of likely N-dealkylation sites (N-methyl/N-ethyl adjacent to an activating group) is 1. The number of benzene rings is 2. The molecule has 2 aromatic heterocycles. The molecule has 2 aliphatic rings. The van der Waals surface area contributed by atoms with Gasteiger partial charge in [-0.05, 0) is 60.4 Å². The lowest BCUT2D eigenvalue weighted by Crippen LogP contribution is -2.27. The molecule has 0 bridgehead atoms. The number of aromatic nitrogens is 2. The molecule has 1 amide bonds. The molecule has 0 unspecified atom stereocenters. The van der Waals surface area contributed by atoms with Crippen molar-refractivity contribution in [1.29, 1.82) is 0 Å². The van der Waals surface area contributed by atoms with Crippen LogP contribution in [-0.2, 0) is 41.6 Å². The second-order valence-corrected chi connectivity index (χ2v) is 11.1. The van der Waals surface area contributed by atoms with Crippen LogP contribution >= 0.6 is 0 Å². The summed E-state index contributed by atoms with van der Waals surface area (Å²) in [4.78, 5) is 47.2. The van der Waals surface area contributed by atoms with Crippen LogP contribution in [0.5, 0.6) is 0 Å². The third-order valence-electron chi connectivity index (χ3n) is 7.71. The van der Waals surface area contributed by atoms with E-state index in [0.29, 0.717) is 50.6 Å². The number of rotatable bonds is 8. The molecule has 0 atom stereocenters. The number of carbonyl (C=O) groups excluding carboxylic acids is 1. The van der Waals surface area contributed by atoms with Gasteiger partial charge >= 0.3 is 5.97 Å². The lowest BCUT2D eigenvalue weighted by Gasteiger charge is -2.16. The number of nitrogens with zero attached hydrogens (tertiary/aromatic N) is 2. The Balaban J connectivity index is 0.000000185. The molecule has 2 N–H and O–H groups in total.